The molecule has 5 nitrogen and oxygen atoms in total. The van der Waals surface area contributed by atoms with Crippen LogP contribution in [0.1, 0.15) is 23.7 Å². The molecular formula is C19H19Cl2N3O2. The number of carbonyl (C=O) groups excluding carboxylic acids is 1. The number of halogens is 2. The quantitative estimate of drug-likeness (QED) is 0.575. The molecule has 0 radical (unpaired) electrons. The number of anilines is 1. The first-order chi connectivity index (χ1) is 12.6. The molecule has 3 aromatic rings. The lowest BCUT2D eigenvalue weighted by molar-refractivity contribution is 0.102. The van der Waals surface area contributed by atoms with E-state index in [-0.39, 0.29) is 10.9 Å². The van der Waals surface area contributed by atoms with Crippen LogP contribution in [0.15, 0.2) is 42.5 Å². The molecule has 7 heteroatoms. The molecule has 1 amide bonds. The number of aryl methyl sites for hydroxylation is 1. The van der Waals surface area contributed by atoms with Crippen LogP contribution < -0.4 is 5.32 Å². The molecule has 2 aromatic carbocycles. The zero-order chi connectivity index (χ0) is 18.5. The zero-order valence-corrected chi connectivity index (χ0v) is 15.8. The van der Waals surface area contributed by atoms with E-state index in [2.05, 4.69) is 10.3 Å². The molecule has 0 atom stereocenters. The van der Waals surface area contributed by atoms with Crippen LogP contribution in [0, 0.1) is 0 Å². The van der Waals surface area contributed by atoms with Gasteiger partial charge in [0.1, 0.15) is 0 Å². The highest BCUT2D eigenvalue weighted by atomic mass is 35.5. The van der Waals surface area contributed by atoms with Gasteiger partial charge in [-0.3, -0.25) is 10.1 Å². The predicted octanol–water partition coefficient (Wildman–Crippen LogP) is 5.02. The SMILES string of the molecule is CCOCCCn1c(NC(=O)c2cccc(Cl)c2Cl)nc2ccccc21. The summed E-state index contributed by atoms with van der Waals surface area (Å²) in [6.45, 7) is 3.98. The van der Waals surface area contributed by atoms with Gasteiger partial charge in [-0.05, 0) is 37.6 Å². The molecule has 3 rings (SSSR count). The van der Waals surface area contributed by atoms with Crippen LogP contribution in [-0.2, 0) is 11.3 Å². The van der Waals surface area contributed by atoms with Gasteiger partial charge in [-0.15, -0.1) is 0 Å². The standard InChI is InChI=1S/C19H19Cl2N3O2/c1-2-26-12-6-11-24-16-10-4-3-9-15(16)22-19(24)23-18(25)13-7-5-8-14(20)17(13)21/h3-5,7-10H,2,6,11-12H2,1H3,(H,22,23,25). The van der Waals surface area contributed by atoms with Crippen LogP contribution in [0.5, 0.6) is 0 Å². The molecule has 0 saturated heterocycles. The highest BCUT2D eigenvalue weighted by molar-refractivity contribution is 6.44. The smallest absolute Gasteiger partial charge is 0.259 e. The van der Waals surface area contributed by atoms with Crippen LogP contribution in [0.4, 0.5) is 5.95 Å². The average molecular weight is 392 g/mol. The van der Waals surface area contributed by atoms with E-state index in [0.29, 0.717) is 36.3 Å². The highest BCUT2D eigenvalue weighted by Gasteiger charge is 2.17. The Morgan fingerprint density at radius 1 is 1.19 bits per heavy atom. The van der Waals surface area contributed by atoms with Crippen molar-refractivity contribution < 1.29 is 9.53 Å². The number of carbonyl (C=O) groups is 1. The average Bonchev–Trinajstić information content (AvgIpc) is 2.98. The number of aromatic nitrogens is 2. The van der Waals surface area contributed by atoms with Gasteiger partial charge < -0.3 is 9.30 Å². The normalized spacial score (nSPS) is 11.0. The molecule has 136 valence electrons. The van der Waals surface area contributed by atoms with Crippen LogP contribution >= 0.6 is 23.2 Å². The lowest BCUT2D eigenvalue weighted by Crippen LogP contribution is -2.17. The van der Waals surface area contributed by atoms with Crippen molar-refractivity contribution in [3.05, 3.63) is 58.1 Å². The van der Waals surface area contributed by atoms with E-state index in [4.69, 9.17) is 27.9 Å². The summed E-state index contributed by atoms with van der Waals surface area (Å²) in [5, 5.41) is 3.42. The van der Waals surface area contributed by atoms with Crippen LogP contribution in [0.3, 0.4) is 0 Å². The van der Waals surface area contributed by atoms with Gasteiger partial charge in [-0.2, -0.15) is 0 Å². The maximum absolute atomic E-state index is 12.7. The Hall–Kier alpha value is -2.08. The molecule has 0 aliphatic rings. The number of imidazole rings is 1. The predicted molar refractivity (Wildman–Crippen MR) is 105 cm³/mol. The Bertz CT molecular complexity index is 924. The van der Waals surface area contributed by atoms with Gasteiger partial charge in [0.05, 0.1) is 26.6 Å². The second kappa shape index (κ2) is 8.54. The number of fused-ring (bicyclic) bond motifs is 1. The number of hydrogen-bond acceptors (Lipinski definition) is 3. The minimum Gasteiger partial charge on any atom is -0.382 e. The fourth-order valence-corrected chi connectivity index (χ4v) is 3.10. The summed E-state index contributed by atoms with van der Waals surface area (Å²) in [5.41, 5.74) is 2.08. The van der Waals surface area contributed by atoms with Crippen molar-refractivity contribution in [2.75, 3.05) is 18.5 Å². The molecule has 0 bridgehead atoms. The van der Waals surface area contributed by atoms with E-state index in [0.717, 1.165) is 17.5 Å². The lowest BCUT2D eigenvalue weighted by atomic mass is 10.2. The molecule has 0 saturated carbocycles. The summed E-state index contributed by atoms with van der Waals surface area (Å²) in [6, 6.07) is 12.7. The maximum atomic E-state index is 12.7. The van der Waals surface area contributed by atoms with Crippen molar-refractivity contribution in [2.24, 2.45) is 0 Å². The third-order valence-electron chi connectivity index (χ3n) is 3.95. The summed E-state index contributed by atoms with van der Waals surface area (Å²) in [7, 11) is 0. The minimum absolute atomic E-state index is 0.227. The number of hydrogen-bond donors (Lipinski definition) is 1. The van der Waals surface area contributed by atoms with Crippen molar-refractivity contribution in [1.82, 2.24) is 9.55 Å². The van der Waals surface area contributed by atoms with Crippen LogP contribution in [0.25, 0.3) is 11.0 Å². The van der Waals surface area contributed by atoms with E-state index in [1.807, 2.05) is 35.8 Å². The summed E-state index contributed by atoms with van der Waals surface area (Å²) in [5.74, 6) is 0.127. The van der Waals surface area contributed by atoms with Gasteiger partial charge in [0.25, 0.3) is 5.91 Å². The number of ether oxygens (including phenoxy) is 1. The van der Waals surface area contributed by atoms with Crippen molar-refractivity contribution in [3.8, 4) is 0 Å². The molecule has 1 heterocycles. The molecule has 0 aliphatic heterocycles. The fraction of sp³-hybridized carbons (Fsp3) is 0.263. The summed E-state index contributed by atoms with van der Waals surface area (Å²) in [4.78, 5) is 17.2. The van der Waals surface area contributed by atoms with Gasteiger partial charge in [-0.25, -0.2) is 4.98 Å². The van der Waals surface area contributed by atoms with E-state index in [9.17, 15) is 4.79 Å². The Morgan fingerprint density at radius 2 is 2.00 bits per heavy atom. The van der Waals surface area contributed by atoms with Crippen molar-refractivity contribution >= 4 is 46.1 Å². The molecule has 0 fully saturated rings. The first-order valence-electron chi connectivity index (χ1n) is 8.40. The maximum Gasteiger partial charge on any atom is 0.259 e. The van der Waals surface area contributed by atoms with Crippen molar-refractivity contribution in [3.63, 3.8) is 0 Å². The monoisotopic (exact) mass is 391 g/mol. The van der Waals surface area contributed by atoms with Crippen molar-refractivity contribution in [1.29, 1.82) is 0 Å². The fourth-order valence-electron chi connectivity index (χ4n) is 2.71. The second-order valence-corrected chi connectivity index (χ2v) is 6.47. The largest absolute Gasteiger partial charge is 0.382 e. The molecule has 26 heavy (non-hydrogen) atoms. The highest BCUT2D eigenvalue weighted by Crippen LogP contribution is 2.27. The van der Waals surface area contributed by atoms with E-state index < -0.39 is 0 Å². The molecular weight excluding hydrogens is 373 g/mol. The Morgan fingerprint density at radius 3 is 2.81 bits per heavy atom. The van der Waals surface area contributed by atoms with Gasteiger partial charge in [0.2, 0.25) is 5.95 Å². The molecule has 1 aromatic heterocycles. The topological polar surface area (TPSA) is 56.1 Å². The third-order valence-corrected chi connectivity index (χ3v) is 4.77. The van der Waals surface area contributed by atoms with E-state index in [1.54, 1.807) is 18.2 Å². The Balaban J connectivity index is 1.88. The Labute approximate surface area is 161 Å². The first kappa shape index (κ1) is 18.7. The second-order valence-electron chi connectivity index (χ2n) is 5.68. The number of para-hydroxylation sites is 2. The molecule has 0 spiro atoms. The van der Waals surface area contributed by atoms with Crippen molar-refractivity contribution in [2.45, 2.75) is 19.9 Å². The number of nitrogens with zero attached hydrogens (tertiary/aromatic N) is 2. The lowest BCUT2D eigenvalue weighted by Gasteiger charge is -2.11. The number of benzene rings is 2. The van der Waals surface area contributed by atoms with Gasteiger partial charge in [0.15, 0.2) is 0 Å². The summed E-state index contributed by atoms with van der Waals surface area (Å²) >= 11 is 12.2. The number of rotatable bonds is 7. The summed E-state index contributed by atoms with van der Waals surface area (Å²) in [6.07, 6.45) is 0.814. The Kier molecular flexibility index (Phi) is 6.14. The number of nitrogens with one attached hydrogen (secondary N) is 1. The minimum atomic E-state index is -0.348. The first-order valence-corrected chi connectivity index (χ1v) is 9.15. The molecule has 0 aliphatic carbocycles. The summed E-state index contributed by atoms with van der Waals surface area (Å²) < 4.78 is 7.39. The van der Waals surface area contributed by atoms with Gasteiger partial charge >= 0.3 is 0 Å². The van der Waals surface area contributed by atoms with E-state index in [1.165, 1.54) is 0 Å². The zero-order valence-electron chi connectivity index (χ0n) is 14.3. The van der Waals surface area contributed by atoms with Crippen LogP contribution in [-0.4, -0.2) is 28.7 Å². The third kappa shape index (κ3) is 4.01. The number of amides is 1. The molecule has 0 unspecified atom stereocenters. The van der Waals surface area contributed by atoms with E-state index >= 15 is 0 Å². The molecule has 1 N–H and O–H groups in total. The van der Waals surface area contributed by atoms with Crippen LogP contribution in [0.2, 0.25) is 10.0 Å². The van der Waals surface area contributed by atoms with Gasteiger partial charge in [-0.1, -0.05) is 41.4 Å². The van der Waals surface area contributed by atoms with Gasteiger partial charge in [0, 0.05) is 19.8 Å².